The second-order valence-electron chi connectivity index (χ2n) is 6.51. The van der Waals surface area contributed by atoms with E-state index >= 15 is 0 Å². The maximum Gasteiger partial charge on any atom is 0.251 e. The van der Waals surface area contributed by atoms with E-state index in [1.807, 2.05) is 45.9 Å². The van der Waals surface area contributed by atoms with Crippen LogP contribution in [0.15, 0.2) is 42.5 Å². The molecule has 25 heavy (non-hydrogen) atoms. The summed E-state index contributed by atoms with van der Waals surface area (Å²) >= 11 is 0. The molecule has 4 nitrogen and oxygen atoms in total. The zero-order chi connectivity index (χ0) is 18.6. The quantitative estimate of drug-likeness (QED) is 0.867. The van der Waals surface area contributed by atoms with Crippen LogP contribution in [0.4, 0.5) is 10.1 Å². The van der Waals surface area contributed by atoms with Crippen LogP contribution in [0.1, 0.15) is 35.3 Å². The molecule has 2 aromatic rings. The van der Waals surface area contributed by atoms with Gasteiger partial charge in [0.1, 0.15) is 11.9 Å². The highest BCUT2D eigenvalue weighted by atomic mass is 19.1. The lowest BCUT2D eigenvalue weighted by atomic mass is 10.0. The summed E-state index contributed by atoms with van der Waals surface area (Å²) in [6, 6.07) is 10.3. The Morgan fingerprint density at radius 2 is 1.64 bits per heavy atom. The lowest BCUT2D eigenvalue weighted by Gasteiger charge is -2.22. The third-order valence-electron chi connectivity index (χ3n) is 3.98. The molecule has 0 saturated carbocycles. The highest BCUT2D eigenvalue weighted by molar-refractivity contribution is 6.01. The Morgan fingerprint density at radius 3 is 2.20 bits per heavy atom. The fourth-order valence-electron chi connectivity index (χ4n) is 2.53. The maximum atomic E-state index is 13.0. The molecule has 0 spiro atoms. The van der Waals surface area contributed by atoms with Crippen LogP contribution in [0.2, 0.25) is 0 Å². The van der Waals surface area contributed by atoms with Gasteiger partial charge in [0.25, 0.3) is 5.91 Å². The van der Waals surface area contributed by atoms with Crippen molar-refractivity contribution < 1.29 is 14.0 Å². The molecule has 0 aliphatic rings. The lowest BCUT2D eigenvalue weighted by molar-refractivity contribution is -0.118. The Bertz CT molecular complexity index is 770. The molecular weight excluding hydrogens is 319 g/mol. The molecule has 0 aromatic heterocycles. The number of amides is 2. The second-order valence-corrected chi connectivity index (χ2v) is 6.51. The number of anilines is 1. The van der Waals surface area contributed by atoms with E-state index in [9.17, 15) is 14.0 Å². The van der Waals surface area contributed by atoms with Crippen molar-refractivity contribution in [3.63, 3.8) is 0 Å². The molecule has 0 bridgehead atoms. The van der Waals surface area contributed by atoms with E-state index in [2.05, 4.69) is 10.6 Å². The van der Waals surface area contributed by atoms with Gasteiger partial charge in [0, 0.05) is 11.3 Å². The SMILES string of the molecule is Cc1ccc(NC(=O)[C@@H](NC(=O)c2ccc(F)cc2)C(C)C)c(C)c1. The van der Waals surface area contributed by atoms with Crippen molar-refractivity contribution >= 4 is 17.5 Å². The molecular formula is C20H23FN2O2. The molecule has 0 aliphatic heterocycles. The van der Waals surface area contributed by atoms with Gasteiger partial charge in [-0.1, -0.05) is 31.5 Å². The van der Waals surface area contributed by atoms with Crippen molar-refractivity contribution in [2.24, 2.45) is 5.92 Å². The van der Waals surface area contributed by atoms with Crippen molar-refractivity contribution in [2.75, 3.05) is 5.32 Å². The van der Waals surface area contributed by atoms with Gasteiger partial charge in [-0.25, -0.2) is 4.39 Å². The summed E-state index contributed by atoms with van der Waals surface area (Å²) < 4.78 is 13.0. The predicted molar refractivity (Wildman–Crippen MR) is 97.0 cm³/mol. The van der Waals surface area contributed by atoms with Gasteiger partial charge >= 0.3 is 0 Å². The van der Waals surface area contributed by atoms with Crippen LogP contribution in [0.5, 0.6) is 0 Å². The van der Waals surface area contributed by atoms with E-state index in [0.29, 0.717) is 5.56 Å². The van der Waals surface area contributed by atoms with Crippen LogP contribution in [0.25, 0.3) is 0 Å². The van der Waals surface area contributed by atoms with Crippen LogP contribution in [0, 0.1) is 25.6 Å². The maximum absolute atomic E-state index is 13.0. The van der Waals surface area contributed by atoms with Crippen molar-refractivity contribution in [1.82, 2.24) is 5.32 Å². The molecule has 0 aliphatic carbocycles. The Morgan fingerprint density at radius 1 is 1.00 bits per heavy atom. The summed E-state index contributed by atoms with van der Waals surface area (Å²) in [7, 11) is 0. The zero-order valence-electron chi connectivity index (χ0n) is 14.9. The predicted octanol–water partition coefficient (Wildman–Crippen LogP) is 3.84. The van der Waals surface area contributed by atoms with Crippen LogP contribution in [-0.2, 0) is 4.79 Å². The minimum absolute atomic E-state index is 0.102. The monoisotopic (exact) mass is 342 g/mol. The zero-order valence-corrected chi connectivity index (χ0v) is 14.9. The molecule has 0 fully saturated rings. The van der Waals surface area contributed by atoms with Gasteiger partial charge in [0.15, 0.2) is 0 Å². The summed E-state index contributed by atoms with van der Waals surface area (Å²) in [5.74, 6) is -1.20. The Kier molecular flexibility index (Phi) is 5.91. The summed E-state index contributed by atoms with van der Waals surface area (Å²) in [6.07, 6.45) is 0. The van der Waals surface area contributed by atoms with Crippen molar-refractivity contribution in [3.8, 4) is 0 Å². The van der Waals surface area contributed by atoms with Crippen LogP contribution in [0.3, 0.4) is 0 Å². The lowest BCUT2D eigenvalue weighted by Crippen LogP contribution is -2.47. The number of hydrogen-bond acceptors (Lipinski definition) is 2. The largest absolute Gasteiger partial charge is 0.340 e. The van der Waals surface area contributed by atoms with Crippen molar-refractivity contribution in [1.29, 1.82) is 0 Å². The molecule has 132 valence electrons. The minimum Gasteiger partial charge on any atom is -0.340 e. The molecule has 1 atom stereocenters. The highest BCUT2D eigenvalue weighted by Gasteiger charge is 2.25. The average molecular weight is 342 g/mol. The van der Waals surface area contributed by atoms with Crippen LogP contribution < -0.4 is 10.6 Å². The normalized spacial score (nSPS) is 11.9. The summed E-state index contributed by atoms with van der Waals surface area (Å²) in [5.41, 5.74) is 3.10. The van der Waals surface area contributed by atoms with Gasteiger partial charge in [0.05, 0.1) is 0 Å². The average Bonchev–Trinajstić information content (AvgIpc) is 2.55. The minimum atomic E-state index is -0.696. The number of benzene rings is 2. The summed E-state index contributed by atoms with van der Waals surface area (Å²) in [5, 5.41) is 5.60. The number of halogens is 1. The number of hydrogen-bond donors (Lipinski definition) is 2. The van der Waals surface area contributed by atoms with E-state index in [-0.39, 0.29) is 11.8 Å². The first-order valence-corrected chi connectivity index (χ1v) is 8.22. The first kappa shape index (κ1) is 18.6. The first-order valence-electron chi connectivity index (χ1n) is 8.22. The van der Waals surface area contributed by atoms with Crippen molar-refractivity contribution in [3.05, 3.63) is 65.0 Å². The molecule has 2 amide bonds. The van der Waals surface area contributed by atoms with Gasteiger partial charge in [-0.15, -0.1) is 0 Å². The van der Waals surface area contributed by atoms with E-state index < -0.39 is 17.8 Å². The number of rotatable bonds is 5. The molecule has 2 N–H and O–H groups in total. The molecule has 5 heteroatoms. The molecule has 0 radical (unpaired) electrons. The van der Waals surface area contributed by atoms with Crippen molar-refractivity contribution in [2.45, 2.75) is 33.7 Å². The second kappa shape index (κ2) is 7.92. The number of aryl methyl sites for hydroxylation is 2. The molecule has 2 rings (SSSR count). The summed E-state index contributed by atoms with van der Waals surface area (Å²) in [4.78, 5) is 25.0. The van der Waals surface area contributed by atoms with Crippen LogP contribution in [-0.4, -0.2) is 17.9 Å². The van der Waals surface area contributed by atoms with E-state index in [0.717, 1.165) is 16.8 Å². The molecule has 0 heterocycles. The van der Waals surface area contributed by atoms with Gasteiger partial charge < -0.3 is 10.6 Å². The fraction of sp³-hybridized carbons (Fsp3) is 0.300. The van der Waals surface area contributed by atoms with Gasteiger partial charge in [-0.05, 0) is 55.7 Å². The highest BCUT2D eigenvalue weighted by Crippen LogP contribution is 2.17. The molecule has 2 aromatic carbocycles. The van der Waals surface area contributed by atoms with Gasteiger partial charge in [-0.2, -0.15) is 0 Å². The number of carbonyl (C=O) groups is 2. The molecule has 0 saturated heterocycles. The Balaban J connectivity index is 2.12. The van der Waals surface area contributed by atoms with E-state index in [4.69, 9.17) is 0 Å². The van der Waals surface area contributed by atoms with Gasteiger partial charge in [0.2, 0.25) is 5.91 Å². The van der Waals surface area contributed by atoms with Gasteiger partial charge in [-0.3, -0.25) is 9.59 Å². The third kappa shape index (κ3) is 4.89. The number of carbonyl (C=O) groups excluding carboxylic acids is 2. The van der Waals surface area contributed by atoms with E-state index in [1.165, 1.54) is 24.3 Å². The summed E-state index contributed by atoms with van der Waals surface area (Å²) in [6.45, 7) is 7.62. The topological polar surface area (TPSA) is 58.2 Å². The Labute approximate surface area is 147 Å². The number of nitrogens with one attached hydrogen (secondary N) is 2. The van der Waals surface area contributed by atoms with E-state index in [1.54, 1.807) is 0 Å². The third-order valence-corrected chi connectivity index (χ3v) is 3.98. The fourth-order valence-corrected chi connectivity index (χ4v) is 2.53. The standard InChI is InChI=1S/C20H23FN2O2/c1-12(2)18(23-19(24)15-6-8-16(21)9-7-15)20(25)22-17-10-5-13(3)11-14(17)4/h5-12,18H,1-4H3,(H,22,25)(H,23,24)/t18-/m0/s1. The smallest absolute Gasteiger partial charge is 0.251 e. The molecule has 0 unspecified atom stereocenters. The Hall–Kier alpha value is -2.69. The van der Waals surface area contributed by atoms with Crippen LogP contribution >= 0.6 is 0 Å². The first-order chi connectivity index (χ1) is 11.8.